The van der Waals surface area contributed by atoms with Gasteiger partial charge in [-0.2, -0.15) is 10.1 Å². The van der Waals surface area contributed by atoms with Gasteiger partial charge in [0.15, 0.2) is 0 Å². The zero-order valence-electron chi connectivity index (χ0n) is 22.5. The maximum absolute atomic E-state index is 6.77. The number of anilines is 2. The van der Waals surface area contributed by atoms with Gasteiger partial charge in [-0.1, -0.05) is 49.6 Å². The molecule has 2 aliphatic heterocycles. The minimum absolute atomic E-state index is 0.0138. The van der Waals surface area contributed by atoms with E-state index in [1.54, 1.807) is 0 Å². The van der Waals surface area contributed by atoms with Crippen molar-refractivity contribution in [2.45, 2.75) is 89.4 Å². The molecule has 0 radical (unpaired) electrons. The van der Waals surface area contributed by atoms with E-state index in [4.69, 9.17) is 15.7 Å². The van der Waals surface area contributed by atoms with Crippen LogP contribution in [0.1, 0.15) is 74.6 Å². The number of hydrogen-bond acceptors (Lipinski definition) is 7. The van der Waals surface area contributed by atoms with Crippen LogP contribution in [-0.2, 0) is 19.4 Å². The van der Waals surface area contributed by atoms with E-state index < -0.39 is 0 Å². The number of rotatable bonds is 6. The van der Waals surface area contributed by atoms with E-state index in [0.29, 0.717) is 6.54 Å². The van der Waals surface area contributed by atoms with E-state index in [0.717, 1.165) is 68.1 Å². The van der Waals surface area contributed by atoms with Gasteiger partial charge in [0.25, 0.3) is 0 Å². The van der Waals surface area contributed by atoms with E-state index in [-0.39, 0.29) is 12.2 Å². The molecule has 38 heavy (non-hydrogen) atoms. The third-order valence-electron chi connectivity index (χ3n) is 8.51. The fourth-order valence-electron chi connectivity index (χ4n) is 6.43. The number of nitrogens with zero attached hydrogens (tertiary/aromatic N) is 5. The lowest BCUT2D eigenvalue weighted by Crippen LogP contribution is -2.59. The number of piperidine rings is 1. The van der Waals surface area contributed by atoms with E-state index in [1.165, 1.54) is 62.0 Å². The summed E-state index contributed by atoms with van der Waals surface area (Å²) in [6, 6.07) is 10.4. The van der Waals surface area contributed by atoms with Crippen LogP contribution in [0.5, 0.6) is 0 Å². The van der Waals surface area contributed by atoms with Crippen molar-refractivity contribution in [3.8, 4) is 11.3 Å². The van der Waals surface area contributed by atoms with Crippen molar-refractivity contribution >= 4 is 11.8 Å². The summed E-state index contributed by atoms with van der Waals surface area (Å²) in [6.45, 7) is 3.81. The Bertz CT molecular complexity index is 1180. The lowest BCUT2D eigenvalue weighted by Gasteiger charge is -2.41. The fraction of sp³-hybridized carbons (Fsp3) is 0.567. The van der Waals surface area contributed by atoms with Crippen LogP contribution in [0.4, 0.5) is 11.8 Å². The smallest absolute Gasteiger partial charge is 0.228 e. The minimum Gasteiger partial charge on any atom is -0.356 e. The van der Waals surface area contributed by atoms with E-state index >= 15 is 0 Å². The summed E-state index contributed by atoms with van der Waals surface area (Å²) < 4.78 is 0. The Kier molecular flexibility index (Phi) is 7.88. The Hall–Kier alpha value is -2.97. The molecule has 202 valence electrons. The van der Waals surface area contributed by atoms with E-state index in [9.17, 15) is 0 Å². The Labute approximate surface area is 226 Å². The van der Waals surface area contributed by atoms with Gasteiger partial charge in [0.2, 0.25) is 5.95 Å². The molecule has 2 aromatic heterocycles. The number of aryl methyl sites for hydroxylation is 1. The molecule has 3 aliphatic rings. The SMILES string of the molecule is NC1CCCN(c2nc3c(c(N4CCCCCC4)n2)CCCCC3)C1NCc1c[nH]nc1-c1ccccc1. The van der Waals surface area contributed by atoms with Crippen molar-refractivity contribution in [2.24, 2.45) is 5.73 Å². The average molecular weight is 515 g/mol. The van der Waals surface area contributed by atoms with Gasteiger partial charge in [-0.05, 0) is 51.4 Å². The third kappa shape index (κ3) is 5.43. The van der Waals surface area contributed by atoms with Crippen LogP contribution in [0.2, 0.25) is 0 Å². The van der Waals surface area contributed by atoms with Crippen LogP contribution in [0.3, 0.4) is 0 Å². The van der Waals surface area contributed by atoms with Gasteiger partial charge in [-0.3, -0.25) is 10.4 Å². The first-order valence-corrected chi connectivity index (χ1v) is 14.8. The highest BCUT2D eigenvalue weighted by Gasteiger charge is 2.32. The lowest BCUT2D eigenvalue weighted by molar-refractivity contribution is 0.341. The molecule has 1 aliphatic carbocycles. The molecule has 1 aromatic carbocycles. The number of aromatic amines is 1. The Morgan fingerprint density at radius 1 is 0.895 bits per heavy atom. The van der Waals surface area contributed by atoms with Crippen molar-refractivity contribution < 1.29 is 0 Å². The number of hydrogen-bond donors (Lipinski definition) is 3. The summed E-state index contributed by atoms with van der Waals surface area (Å²) in [5.41, 5.74) is 12.7. The van der Waals surface area contributed by atoms with Crippen molar-refractivity contribution in [3.05, 3.63) is 53.3 Å². The molecule has 2 fully saturated rings. The quantitative estimate of drug-likeness (QED) is 0.415. The van der Waals surface area contributed by atoms with Gasteiger partial charge in [0, 0.05) is 55.1 Å². The monoisotopic (exact) mass is 514 g/mol. The van der Waals surface area contributed by atoms with Gasteiger partial charge < -0.3 is 15.5 Å². The number of nitrogens with one attached hydrogen (secondary N) is 2. The first-order chi connectivity index (χ1) is 18.8. The maximum atomic E-state index is 6.77. The summed E-state index contributed by atoms with van der Waals surface area (Å²) in [6.07, 6.45) is 15.1. The average Bonchev–Trinajstić information content (AvgIpc) is 3.11. The first-order valence-electron chi connectivity index (χ1n) is 14.8. The van der Waals surface area contributed by atoms with Crippen LogP contribution in [-0.4, -0.2) is 52.0 Å². The molecule has 2 saturated heterocycles. The molecule has 0 bridgehead atoms. The number of aromatic nitrogens is 4. The minimum atomic E-state index is -0.0249. The summed E-state index contributed by atoms with van der Waals surface area (Å²) in [5.74, 6) is 2.06. The predicted molar refractivity (Wildman–Crippen MR) is 153 cm³/mol. The molecule has 3 aromatic rings. The van der Waals surface area contributed by atoms with Crippen molar-refractivity contribution in [2.75, 3.05) is 29.4 Å². The number of fused-ring (bicyclic) bond motifs is 1. The molecule has 2 unspecified atom stereocenters. The lowest BCUT2D eigenvalue weighted by atomic mass is 10.0. The van der Waals surface area contributed by atoms with Crippen LogP contribution in [0.15, 0.2) is 36.5 Å². The van der Waals surface area contributed by atoms with Crippen molar-refractivity contribution in [3.63, 3.8) is 0 Å². The summed E-state index contributed by atoms with van der Waals surface area (Å²) in [7, 11) is 0. The van der Waals surface area contributed by atoms with Crippen LogP contribution >= 0.6 is 0 Å². The molecular weight excluding hydrogens is 472 g/mol. The second kappa shape index (κ2) is 11.8. The largest absolute Gasteiger partial charge is 0.356 e. The zero-order valence-corrected chi connectivity index (χ0v) is 22.5. The number of H-pyrrole nitrogens is 1. The molecule has 8 heteroatoms. The molecule has 0 spiro atoms. The van der Waals surface area contributed by atoms with Crippen LogP contribution in [0, 0.1) is 0 Å². The highest BCUT2D eigenvalue weighted by atomic mass is 15.4. The summed E-state index contributed by atoms with van der Waals surface area (Å²) in [4.78, 5) is 15.5. The van der Waals surface area contributed by atoms with Gasteiger partial charge in [0.1, 0.15) is 5.82 Å². The molecule has 2 atom stereocenters. The molecule has 0 amide bonds. The topological polar surface area (TPSA) is 99.0 Å². The highest BCUT2D eigenvalue weighted by molar-refractivity contribution is 5.62. The summed E-state index contributed by atoms with van der Waals surface area (Å²) in [5, 5.41) is 11.4. The third-order valence-corrected chi connectivity index (χ3v) is 8.51. The van der Waals surface area contributed by atoms with Crippen molar-refractivity contribution in [1.29, 1.82) is 0 Å². The van der Waals surface area contributed by atoms with E-state index in [2.05, 4.69) is 49.6 Å². The first kappa shape index (κ1) is 25.3. The molecule has 6 rings (SSSR count). The summed E-state index contributed by atoms with van der Waals surface area (Å²) >= 11 is 0. The normalized spacial score (nSPS) is 22.6. The molecular formula is C30H42N8. The maximum Gasteiger partial charge on any atom is 0.228 e. The van der Waals surface area contributed by atoms with Crippen LogP contribution < -0.4 is 20.9 Å². The van der Waals surface area contributed by atoms with Gasteiger partial charge >= 0.3 is 0 Å². The van der Waals surface area contributed by atoms with Crippen LogP contribution in [0.25, 0.3) is 11.3 Å². The molecule has 0 saturated carbocycles. The zero-order chi connectivity index (χ0) is 25.7. The van der Waals surface area contributed by atoms with Gasteiger partial charge in [-0.25, -0.2) is 4.98 Å². The fourth-order valence-corrected chi connectivity index (χ4v) is 6.43. The molecule has 4 heterocycles. The Balaban J connectivity index is 1.29. The molecule has 8 nitrogen and oxygen atoms in total. The van der Waals surface area contributed by atoms with Crippen molar-refractivity contribution in [1.82, 2.24) is 25.5 Å². The van der Waals surface area contributed by atoms with Gasteiger partial charge in [-0.15, -0.1) is 0 Å². The highest BCUT2D eigenvalue weighted by Crippen LogP contribution is 2.32. The number of nitrogens with two attached hydrogens (primary N) is 1. The Morgan fingerprint density at radius 3 is 2.53 bits per heavy atom. The standard InChI is InChI=1S/C30H42N8/c31-25-15-11-19-38(29(25)32-20-23-21-33-36-27(23)22-12-5-3-6-13-22)30-34-26-16-8-4-7-14-24(26)28(35-30)37-17-9-1-2-10-18-37/h3,5-6,12-13,21,25,29,32H,1-2,4,7-11,14-20,31H2,(H,33,36). The second-order valence-electron chi connectivity index (χ2n) is 11.2. The number of benzene rings is 1. The van der Waals surface area contributed by atoms with E-state index in [1.807, 2.05) is 12.3 Å². The Morgan fingerprint density at radius 2 is 1.68 bits per heavy atom. The van der Waals surface area contributed by atoms with Gasteiger partial charge in [0.05, 0.1) is 17.6 Å². The predicted octanol–water partition coefficient (Wildman–Crippen LogP) is 4.56. The second-order valence-corrected chi connectivity index (χ2v) is 11.2. The molecule has 4 N–H and O–H groups in total.